The van der Waals surface area contributed by atoms with Crippen LogP contribution in [0.25, 0.3) is 11.6 Å². The minimum Gasteiger partial charge on any atom is -0.274 e. The second-order valence-electron chi connectivity index (χ2n) is 4.67. The standard InChI is InChI=1S/C18H12/c1-3-7-15-13(5-1)9-11-17(15)18-12-10-14-6-2-4-8-16(14)18/h1-12H/q-2/b18-17+. The molecule has 4 rings (SSSR count). The maximum atomic E-state index is 2.23. The number of hydrogen-bond acceptors (Lipinski definition) is 0. The molecule has 0 aromatic heterocycles. The van der Waals surface area contributed by atoms with E-state index < -0.39 is 0 Å². The van der Waals surface area contributed by atoms with Gasteiger partial charge in [-0.15, -0.1) is 6.08 Å². The molecule has 0 heteroatoms. The molecule has 1 aromatic rings. The average Bonchev–Trinajstić information content (AvgIpc) is 3.01. The summed E-state index contributed by atoms with van der Waals surface area (Å²) in [6.07, 6.45) is 17.4. The molecular formula is C18H12-2. The molecular weight excluding hydrogens is 216 g/mol. The number of benzene rings is 1. The van der Waals surface area contributed by atoms with Gasteiger partial charge in [-0.3, -0.25) is 17.1 Å². The first-order chi connectivity index (χ1) is 8.93. The van der Waals surface area contributed by atoms with E-state index in [9.17, 15) is 0 Å². The molecule has 0 bridgehead atoms. The van der Waals surface area contributed by atoms with E-state index in [2.05, 4.69) is 73.2 Å². The molecule has 0 atom stereocenters. The van der Waals surface area contributed by atoms with E-state index in [0.29, 0.717) is 0 Å². The minimum absolute atomic E-state index is 1.32. The summed E-state index contributed by atoms with van der Waals surface area (Å²) in [5, 5.41) is 0. The molecule has 0 heterocycles. The zero-order valence-corrected chi connectivity index (χ0v) is 9.93. The molecule has 0 unspecified atom stereocenters. The normalized spacial score (nSPS) is 22.9. The molecule has 0 nitrogen and oxygen atoms in total. The lowest BCUT2D eigenvalue weighted by Crippen LogP contribution is -1.99. The van der Waals surface area contributed by atoms with Crippen molar-refractivity contribution < 1.29 is 0 Å². The van der Waals surface area contributed by atoms with Crippen molar-refractivity contribution in [2.45, 2.75) is 0 Å². The third kappa shape index (κ3) is 1.26. The van der Waals surface area contributed by atoms with Gasteiger partial charge in [0.15, 0.2) is 0 Å². The summed E-state index contributed by atoms with van der Waals surface area (Å²) in [5.74, 6) is 1.34. The highest BCUT2D eigenvalue weighted by Gasteiger charge is 2.09. The van der Waals surface area contributed by atoms with Crippen molar-refractivity contribution in [3.8, 4) is 0 Å². The van der Waals surface area contributed by atoms with Gasteiger partial charge >= 0.3 is 0 Å². The van der Waals surface area contributed by atoms with Gasteiger partial charge < -0.3 is 0 Å². The lowest BCUT2D eigenvalue weighted by molar-refractivity contribution is 1.33. The predicted molar refractivity (Wildman–Crippen MR) is 76.3 cm³/mol. The first-order valence-corrected chi connectivity index (χ1v) is 6.23. The molecule has 0 saturated heterocycles. The van der Waals surface area contributed by atoms with E-state index in [4.69, 9.17) is 0 Å². The van der Waals surface area contributed by atoms with Gasteiger partial charge in [-0.1, -0.05) is 48.1 Å². The Bertz CT molecular complexity index is 663. The van der Waals surface area contributed by atoms with Gasteiger partial charge in [0, 0.05) is 0 Å². The van der Waals surface area contributed by atoms with Crippen molar-refractivity contribution >= 4 is 11.6 Å². The summed E-state index contributed by atoms with van der Waals surface area (Å²) < 4.78 is 0. The largest absolute Gasteiger partial charge is 0.274 e. The summed E-state index contributed by atoms with van der Waals surface area (Å²) in [7, 11) is 0. The van der Waals surface area contributed by atoms with Crippen LogP contribution >= 0.6 is 0 Å². The Balaban J connectivity index is 1.86. The lowest BCUT2D eigenvalue weighted by Gasteiger charge is -2.35. The van der Waals surface area contributed by atoms with Gasteiger partial charge in [-0.2, -0.15) is 17.7 Å². The molecule has 0 N–H and O–H groups in total. The first kappa shape index (κ1) is 9.67. The number of hydrogen-bond donors (Lipinski definition) is 0. The Morgan fingerprint density at radius 3 is 2.89 bits per heavy atom. The topological polar surface area (TPSA) is 0 Å². The number of allylic oxidation sites excluding steroid dienone is 9. The van der Waals surface area contributed by atoms with Gasteiger partial charge in [-0.05, 0) is 5.56 Å². The van der Waals surface area contributed by atoms with Crippen molar-refractivity contribution in [1.29, 1.82) is 0 Å². The molecule has 3 aliphatic rings. The Morgan fingerprint density at radius 2 is 1.89 bits per heavy atom. The van der Waals surface area contributed by atoms with Crippen LogP contribution in [0.5, 0.6) is 0 Å². The maximum Gasteiger partial charge on any atom is -0.0372 e. The predicted octanol–water partition coefficient (Wildman–Crippen LogP) is 4.31. The lowest BCUT2D eigenvalue weighted by atomic mass is 9.88. The van der Waals surface area contributed by atoms with Crippen molar-refractivity contribution in [2.24, 2.45) is 0 Å². The molecule has 86 valence electrons. The molecule has 0 radical (unpaired) electrons. The second-order valence-corrected chi connectivity index (χ2v) is 4.67. The van der Waals surface area contributed by atoms with Crippen LogP contribution in [-0.4, -0.2) is 0 Å². The van der Waals surface area contributed by atoms with Gasteiger partial charge in [0.05, 0.1) is 0 Å². The summed E-state index contributed by atoms with van der Waals surface area (Å²) in [6, 6.07) is 8.57. The van der Waals surface area contributed by atoms with E-state index in [-0.39, 0.29) is 0 Å². The van der Waals surface area contributed by atoms with Crippen LogP contribution in [0.2, 0.25) is 0 Å². The monoisotopic (exact) mass is 228 g/mol. The van der Waals surface area contributed by atoms with Gasteiger partial charge in [-0.25, -0.2) is 12.5 Å². The minimum atomic E-state index is 1.32. The van der Waals surface area contributed by atoms with Crippen molar-refractivity contribution in [3.63, 3.8) is 0 Å². The van der Waals surface area contributed by atoms with Crippen LogP contribution in [0.15, 0.2) is 71.9 Å². The van der Waals surface area contributed by atoms with Crippen LogP contribution in [-0.2, 0) is 0 Å². The SMILES string of the molecule is C1=CC2=C[CH-]/C(=C3/C=Cc4ccccc43)[C-]2C=C1. The molecule has 3 aliphatic carbocycles. The highest BCUT2D eigenvalue weighted by Crippen LogP contribution is 2.43. The molecule has 1 aromatic carbocycles. The smallest absolute Gasteiger partial charge is 0.0372 e. The van der Waals surface area contributed by atoms with Gasteiger partial charge in [0.1, 0.15) is 0 Å². The molecule has 18 heavy (non-hydrogen) atoms. The van der Waals surface area contributed by atoms with E-state index in [1.807, 2.05) is 0 Å². The zero-order chi connectivity index (χ0) is 11.9. The Hall–Kier alpha value is -2.34. The summed E-state index contributed by atoms with van der Waals surface area (Å²) in [6.45, 7) is 0. The highest BCUT2D eigenvalue weighted by atomic mass is 14.3. The second kappa shape index (κ2) is 3.58. The zero-order valence-electron chi connectivity index (χ0n) is 9.93. The molecule has 0 saturated carbocycles. The van der Waals surface area contributed by atoms with Crippen LogP contribution in [0.1, 0.15) is 11.1 Å². The fourth-order valence-electron chi connectivity index (χ4n) is 2.77. The van der Waals surface area contributed by atoms with Crippen LogP contribution < -0.4 is 0 Å². The molecule has 0 amide bonds. The molecule has 0 aliphatic heterocycles. The quantitative estimate of drug-likeness (QED) is 0.580. The van der Waals surface area contributed by atoms with Crippen LogP contribution in [0.4, 0.5) is 0 Å². The van der Waals surface area contributed by atoms with Crippen molar-refractivity contribution in [2.75, 3.05) is 0 Å². The maximum absolute atomic E-state index is 2.23. The van der Waals surface area contributed by atoms with E-state index in [1.165, 1.54) is 33.8 Å². The Kier molecular flexibility index (Phi) is 1.92. The number of fused-ring (bicyclic) bond motifs is 2. The Labute approximate surface area is 107 Å². The van der Waals surface area contributed by atoms with Crippen molar-refractivity contribution in [3.05, 3.63) is 95.3 Å². The number of rotatable bonds is 0. The summed E-state index contributed by atoms with van der Waals surface area (Å²) >= 11 is 0. The molecule has 0 spiro atoms. The van der Waals surface area contributed by atoms with E-state index in [0.717, 1.165) is 0 Å². The highest BCUT2D eigenvalue weighted by molar-refractivity contribution is 5.95. The molecule has 0 fully saturated rings. The van der Waals surface area contributed by atoms with Crippen molar-refractivity contribution in [1.82, 2.24) is 0 Å². The fourth-order valence-corrected chi connectivity index (χ4v) is 2.77. The summed E-state index contributed by atoms with van der Waals surface area (Å²) in [4.78, 5) is 0. The van der Waals surface area contributed by atoms with Crippen LogP contribution in [0.3, 0.4) is 0 Å². The third-order valence-corrected chi connectivity index (χ3v) is 3.65. The fraction of sp³-hybridized carbons (Fsp3) is 0. The third-order valence-electron chi connectivity index (χ3n) is 3.65. The van der Waals surface area contributed by atoms with Gasteiger partial charge in [0.2, 0.25) is 0 Å². The Morgan fingerprint density at radius 1 is 0.944 bits per heavy atom. The summed E-state index contributed by atoms with van der Waals surface area (Å²) in [5.41, 5.74) is 6.66. The van der Waals surface area contributed by atoms with Crippen LogP contribution in [0, 0.1) is 12.3 Å². The van der Waals surface area contributed by atoms with Gasteiger partial charge in [0.25, 0.3) is 0 Å². The van der Waals surface area contributed by atoms with E-state index in [1.54, 1.807) is 0 Å². The van der Waals surface area contributed by atoms with E-state index >= 15 is 0 Å². The average molecular weight is 228 g/mol. The first-order valence-electron chi connectivity index (χ1n) is 6.23.